The van der Waals surface area contributed by atoms with Gasteiger partial charge in [-0.05, 0) is 56.7 Å². The number of esters is 1. The maximum Gasteiger partial charge on any atom is 0.341 e. The lowest BCUT2D eigenvalue weighted by molar-refractivity contribution is -0.123. The number of fused-ring (bicyclic) bond motifs is 1. The fourth-order valence-corrected chi connectivity index (χ4v) is 5.40. The second kappa shape index (κ2) is 10.1. The van der Waals surface area contributed by atoms with Gasteiger partial charge < -0.3 is 14.8 Å². The number of hydrogen-bond acceptors (Lipinski definition) is 7. The SMILES string of the molecule is Cc1nc2ccccc2c(C)c1C(=O)O[C@@H](C)C(=O)Nc1ccc(S(=O)(=O)N2CCOCC2)cc1. The largest absolute Gasteiger partial charge is 0.449 e. The van der Waals surface area contributed by atoms with Gasteiger partial charge in [0.2, 0.25) is 10.0 Å². The number of rotatable bonds is 6. The van der Waals surface area contributed by atoms with E-state index in [4.69, 9.17) is 9.47 Å². The van der Waals surface area contributed by atoms with E-state index in [2.05, 4.69) is 10.3 Å². The third kappa shape index (κ3) is 5.19. The summed E-state index contributed by atoms with van der Waals surface area (Å²) in [6, 6.07) is 13.4. The zero-order valence-electron chi connectivity index (χ0n) is 19.8. The first kappa shape index (κ1) is 24.8. The van der Waals surface area contributed by atoms with E-state index in [9.17, 15) is 18.0 Å². The quantitative estimate of drug-likeness (QED) is 0.521. The van der Waals surface area contributed by atoms with Gasteiger partial charge in [-0.25, -0.2) is 13.2 Å². The van der Waals surface area contributed by atoms with Crippen LogP contribution in [0.25, 0.3) is 10.9 Å². The van der Waals surface area contributed by atoms with Crippen LogP contribution in [0.1, 0.15) is 28.5 Å². The number of benzene rings is 2. The Bertz CT molecular complexity index is 1370. The molecule has 1 atom stereocenters. The van der Waals surface area contributed by atoms with E-state index >= 15 is 0 Å². The van der Waals surface area contributed by atoms with Gasteiger partial charge in [-0.3, -0.25) is 9.78 Å². The zero-order valence-corrected chi connectivity index (χ0v) is 20.6. The van der Waals surface area contributed by atoms with E-state index < -0.39 is 28.0 Å². The molecule has 1 aliphatic heterocycles. The third-order valence-corrected chi connectivity index (χ3v) is 7.83. The summed E-state index contributed by atoms with van der Waals surface area (Å²) in [4.78, 5) is 30.1. The van der Waals surface area contributed by atoms with Crippen molar-refractivity contribution in [1.82, 2.24) is 9.29 Å². The number of anilines is 1. The minimum Gasteiger partial charge on any atom is -0.449 e. The van der Waals surface area contributed by atoms with E-state index in [0.717, 1.165) is 16.5 Å². The van der Waals surface area contributed by atoms with Gasteiger partial charge in [0.25, 0.3) is 5.91 Å². The predicted octanol–water partition coefficient (Wildman–Crippen LogP) is 3.06. The molecule has 4 rings (SSSR count). The van der Waals surface area contributed by atoms with Crippen LogP contribution in [0.15, 0.2) is 53.4 Å². The summed E-state index contributed by atoms with van der Waals surface area (Å²) in [5, 5.41) is 3.50. The zero-order chi connectivity index (χ0) is 25.2. The van der Waals surface area contributed by atoms with Crippen LogP contribution in [-0.4, -0.2) is 62.0 Å². The molecule has 0 saturated carbocycles. The van der Waals surface area contributed by atoms with Gasteiger partial charge in [0.15, 0.2) is 6.10 Å². The van der Waals surface area contributed by atoms with Crippen molar-refractivity contribution in [3.05, 3.63) is 65.4 Å². The molecule has 1 aromatic heterocycles. The summed E-state index contributed by atoms with van der Waals surface area (Å²) in [6.07, 6.45) is -1.08. The molecule has 9 nitrogen and oxygen atoms in total. The Hall–Kier alpha value is -3.34. The van der Waals surface area contributed by atoms with E-state index in [1.54, 1.807) is 6.92 Å². The van der Waals surface area contributed by atoms with Crippen molar-refractivity contribution in [2.45, 2.75) is 31.8 Å². The summed E-state index contributed by atoms with van der Waals surface area (Å²) in [5.41, 5.74) is 2.77. The van der Waals surface area contributed by atoms with Gasteiger partial charge in [-0.1, -0.05) is 18.2 Å². The van der Waals surface area contributed by atoms with Gasteiger partial charge in [0.05, 0.1) is 34.9 Å². The molecule has 1 fully saturated rings. The number of carbonyl (C=O) groups is 2. The average Bonchev–Trinajstić information content (AvgIpc) is 2.85. The van der Waals surface area contributed by atoms with Crippen LogP contribution in [-0.2, 0) is 24.3 Å². The third-order valence-electron chi connectivity index (χ3n) is 5.92. The maximum absolute atomic E-state index is 12.9. The highest BCUT2D eigenvalue weighted by atomic mass is 32.2. The minimum atomic E-state index is -3.63. The molecule has 0 spiro atoms. The summed E-state index contributed by atoms with van der Waals surface area (Å²) in [6.45, 7) is 6.35. The molecule has 10 heteroatoms. The predicted molar refractivity (Wildman–Crippen MR) is 131 cm³/mol. The number of amides is 1. The number of ether oxygens (including phenoxy) is 2. The number of carbonyl (C=O) groups excluding carboxylic acids is 2. The molecule has 0 unspecified atom stereocenters. The molecule has 1 saturated heterocycles. The fraction of sp³-hybridized carbons (Fsp3) is 0.320. The molecule has 35 heavy (non-hydrogen) atoms. The Morgan fingerprint density at radius 3 is 2.40 bits per heavy atom. The summed E-state index contributed by atoms with van der Waals surface area (Å²) in [7, 11) is -3.63. The second-order valence-electron chi connectivity index (χ2n) is 8.29. The van der Waals surface area contributed by atoms with E-state index in [1.165, 1.54) is 35.5 Å². The van der Waals surface area contributed by atoms with Crippen molar-refractivity contribution in [1.29, 1.82) is 0 Å². The van der Waals surface area contributed by atoms with Gasteiger partial charge in [-0.2, -0.15) is 4.31 Å². The molecule has 184 valence electrons. The average molecular weight is 498 g/mol. The van der Waals surface area contributed by atoms with Crippen LogP contribution in [0.4, 0.5) is 5.69 Å². The van der Waals surface area contributed by atoms with Crippen molar-refractivity contribution in [3.8, 4) is 0 Å². The molecule has 0 radical (unpaired) electrons. The van der Waals surface area contributed by atoms with Gasteiger partial charge in [0.1, 0.15) is 0 Å². The number of nitrogens with zero attached hydrogens (tertiary/aromatic N) is 2. The highest BCUT2D eigenvalue weighted by Crippen LogP contribution is 2.24. The topological polar surface area (TPSA) is 115 Å². The van der Waals surface area contributed by atoms with Crippen molar-refractivity contribution in [2.75, 3.05) is 31.6 Å². The first-order valence-electron chi connectivity index (χ1n) is 11.2. The number of para-hydroxylation sites is 1. The lowest BCUT2D eigenvalue weighted by atomic mass is 10.0. The Morgan fingerprint density at radius 1 is 1.06 bits per heavy atom. The van der Waals surface area contributed by atoms with Gasteiger partial charge >= 0.3 is 5.97 Å². The Morgan fingerprint density at radius 2 is 1.71 bits per heavy atom. The first-order chi connectivity index (χ1) is 16.7. The van der Waals surface area contributed by atoms with E-state index in [0.29, 0.717) is 43.2 Å². The van der Waals surface area contributed by atoms with Gasteiger partial charge in [-0.15, -0.1) is 0 Å². The number of morpholine rings is 1. The van der Waals surface area contributed by atoms with E-state index in [1.807, 2.05) is 31.2 Å². The van der Waals surface area contributed by atoms with Crippen LogP contribution in [0, 0.1) is 13.8 Å². The number of sulfonamides is 1. The smallest absolute Gasteiger partial charge is 0.341 e. The molecule has 0 aliphatic carbocycles. The van der Waals surface area contributed by atoms with Crippen LogP contribution >= 0.6 is 0 Å². The van der Waals surface area contributed by atoms with Crippen LogP contribution in [0.5, 0.6) is 0 Å². The summed E-state index contributed by atoms with van der Waals surface area (Å²) < 4.78 is 37.5. The van der Waals surface area contributed by atoms with Crippen molar-refractivity contribution in [3.63, 3.8) is 0 Å². The molecule has 1 amide bonds. The fourth-order valence-electron chi connectivity index (χ4n) is 3.99. The van der Waals surface area contributed by atoms with E-state index in [-0.39, 0.29) is 4.90 Å². The maximum atomic E-state index is 12.9. The molecular formula is C25H27N3O6S. The Balaban J connectivity index is 1.42. The van der Waals surface area contributed by atoms with Crippen LogP contribution in [0.3, 0.4) is 0 Å². The molecule has 0 bridgehead atoms. The Labute approximate surface area is 204 Å². The minimum absolute atomic E-state index is 0.131. The second-order valence-corrected chi connectivity index (χ2v) is 10.2. The number of aryl methyl sites for hydroxylation is 2. The Kier molecular flexibility index (Phi) is 7.15. The molecular weight excluding hydrogens is 470 g/mol. The number of nitrogens with one attached hydrogen (secondary N) is 1. The van der Waals surface area contributed by atoms with Crippen LogP contribution < -0.4 is 5.32 Å². The molecule has 1 aliphatic rings. The number of pyridine rings is 1. The first-order valence-corrected chi connectivity index (χ1v) is 12.7. The number of aromatic nitrogens is 1. The lowest BCUT2D eigenvalue weighted by Gasteiger charge is -2.26. The summed E-state index contributed by atoms with van der Waals surface area (Å²) in [5.74, 6) is -1.17. The summed E-state index contributed by atoms with van der Waals surface area (Å²) >= 11 is 0. The highest BCUT2D eigenvalue weighted by molar-refractivity contribution is 7.89. The van der Waals surface area contributed by atoms with Crippen molar-refractivity contribution in [2.24, 2.45) is 0 Å². The molecule has 1 N–H and O–H groups in total. The monoisotopic (exact) mass is 497 g/mol. The molecule has 3 aromatic rings. The standard InChI is InChI=1S/C25H27N3O6S/c1-16-21-6-4-5-7-22(21)26-17(2)23(16)25(30)34-18(3)24(29)27-19-8-10-20(11-9-19)35(31,32)28-12-14-33-15-13-28/h4-11,18H,12-15H2,1-3H3,(H,27,29)/t18-/m0/s1. The van der Waals surface area contributed by atoms with Crippen molar-refractivity contribution < 1.29 is 27.5 Å². The lowest BCUT2D eigenvalue weighted by Crippen LogP contribution is -2.40. The highest BCUT2D eigenvalue weighted by Gasteiger charge is 2.27. The molecule has 2 aromatic carbocycles. The van der Waals surface area contributed by atoms with Crippen LogP contribution in [0.2, 0.25) is 0 Å². The van der Waals surface area contributed by atoms with Crippen molar-refractivity contribution >= 4 is 38.5 Å². The normalized spacial score (nSPS) is 15.5. The number of hydrogen-bond donors (Lipinski definition) is 1. The molecule has 2 heterocycles. The van der Waals surface area contributed by atoms with Gasteiger partial charge in [0, 0.05) is 24.2 Å².